The molecule has 2 bridgehead atoms. The van der Waals surface area contributed by atoms with Crippen LogP contribution in [0.1, 0.15) is 42.5 Å². The third kappa shape index (κ3) is 3.38. The van der Waals surface area contributed by atoms with Gasteiger partial charge in [0.15, 0.2) is 0 Å². The number of hydrogen-bond donors (Lipinski definition) is 0. The summed E-state index contributed by atoms with van der Waals surface area (Å²) in [6.07, 6.45) is 3.39. The molecule has 2 aromatic carbocycles. The number of rotatable bonds is 5. The van der Waals surface area contributed by atoms with Gasteiger partial charge in [-0.25, -0.2) is 0 Å². The van der Waals surface area contributed by atoms with Crippen molar-refractivity contribution in [2.45, 2.75) is 31.3 Å². The predicted molar refractivity (Wildman–Crippen MR) is 115 cm³/mol. The lowest BCUT2D eigenvalue weighted by atomic mass is 9.65. The summed E-state index contributed by atoms with van der Waals surface area (Å²) in [5.74, 6) is 2.45. The van der Waals surface area contributed by atoms with Crippen LogP contribution in [0.15, 0.2) is 53.7 Å². The summed E-state index contributed by atoms with van der Waals surface area (Å²) in [7, 11) is 7.36. The van der Waals surface area contributed by atoms with Crippen LogP contribution >= 0.6 is 0 Å². The lowest BCUT2D eigenvalue weighted by Crippen LogP contribution is -2.51. The normalized spacial score (nSPS) is 28.2. The summed E-state index contributed by atoms with van der Waals surface area (Å²) in [6, 6.07) is 17.0. The van der Waals surface area contributed by atoms with Gasteiger partial charge in [0.25, 0.3) is 0 Å². The molecule has 154 valence electrons. The molecule has 4 rings (SSSR count). The maximum Gasteiger partial charge on any atom is 0.123 e. The zero-order valence-electron chi connectivity index (χ0n) is 17.7. The SMILES string of the molecule is CON=C1[C@H]2CCC[C@@H]1[C@H](c1ccccc1OC)N(C)[C@@H]2c1ccccc1OC. The summed E-state index contributed by atoms with van der Waals surface area (Å²) >= 11 is 0. The first-order valence-corrected chi connectivity index (χ1v) is 10.3. The monoisotopic (exact) mass is 394 g/mol. The van der Waals surface area contributed by atoms with E-state index in [0.29, 0.717) is 11.8 Å². The number of hydrogen-bond acceptors (Lipinski definition) is 5. The molecule has 2 aromatic rings. The van der Waals surface area contributed by atoms with E-state index in [2.05, 4.69) is 41.4 Å². The Morgan fingerprint density at radius 3 is 1.72 bits per heavy atom. The molecule has 1 heterocycles. The quantitative estimate of drug-likeness (QED) is 0.680. The Morgan fingerprint density at radius 1 is 0.793 bits per heavy atom. The number of likely N-dealkylation sites (tertiary alicyclic amines) is 1. The van der Waals surface area contributed by atoms with E-state index in [1.54, 1.807) is 21.3 Å². The first-order chi connectivity index (χ1) is 14.2. The third-order valence-corrected chi connectivity index (χ3v) is 6.54. The van der Waals surface area contributed by atoms with Crippen molar-refractivity contribution >= 4 is 5.71 Å². The highest BCUT2D eigenvalue weighted by Crippen LogP contribution is 2.54. The first kappa shape index (κ1) is 19.8. The Morgan fingerprint density at radius 2 is 1.28 bits per heavy atom. The molecule has 1 saturated heterocycles. The molecule has 0 N–H and O–H groups in total. The van der Waals surface area contributed by atoms with Gasteiger partial charge in [-0.05, 0) is 32.0 Å². The highest BCUT2D eigenvalue weighted by molar-refractivity contribution is 5.92. The molecule has 2 aliphatic rings. The second-order valence-corrected chi connectivity index (χ2v) is 7.88. The number of fused-ring (bicyclic) bond motifs is 2. The van der Waals surface area contributed by atoms with Crippen LogP contribution in [0.5, 0.6) is 11.5 Å². The molecule has 29 heavy (non-hydrogen) atoms. The van der Waals surface area contributed by atoms with Crippen molar-refractivity contribution in [3.05, 3.63) is 59.7 Å². The maximum atomic E-state index is 5.74. The molecule has 1 saturated carbocycles. The van der Waals surface area contributed by atoms with Crippen LogP contribution in [0.2, 0.25) is 0 Å². The van der Waals surface area contributed by atoms with Crippen molar-refractivity contribution in [3.8, 4) is 11.5 Å². The van der Waals surface area contributed by atoms with Crippen LogP contribution in [0.4, 0.5) is 0 Å². The third-order valence-electron chi connectivity index (χ3n) is 6.54. The highest BCUT2D eigenvalue weighted by atomic mass is 16.6. The molecule has 4 atom stereocenters. The van der Waals surface area contributed by atoms with Crippen molar-refractivity contribution in [3.63, 3.8) is 0 Å². The summed E-state index contributed by atoms with van der Waals surface area (Å²) in [5, 5.41) is 4.57. The Kier molecular flexibility index (Phi) is 5.76. The Labute approximate surface area is 173 Å². The minimum atomic E-state index is 0.159. The van der Waals surface area contributed by atoms with Crippen LogP contribution in [0.3, 0.4) is 0 Å². The molecule has 1 aliphatic heterocycles. The standard InChI is InChI=1S/C24H30N2O3/c1-26-23(16-10-5-7-14-20(16)27-2)18-12-9-13-19(22(18)25-29-4)24(26)17-11-6-8-15-21(17)28-3/h5-8,10-11,14-15,18-19,23-24H,9,12-13H2,1-4H3/t18-,19+,23-,24+. The zero-order valence-corrected chi connectivity index (χ0v) is 17.7. The van der Waals surface area contributed by atoms with E-state index < -0.39 is 0 Å². The van der Waals surface area contributed by atoms with E-state index in [9.17, 15) is 0 Å². The average molecular weight is 395 g/mol. The van der Waals surface area contributed by atoms with E-state index >= 15 is 0 Å². The second kappa shape index (κ2) is 8.46. The van der Waals surface area contributed by atoms with Gasteiger partial charge in [0, 0.05) is 35.0 Å². The van der Waals surface area contributed by atoms with Crippen molar-refractivity contribution in [2.24, 2.45) is 17.0 Å². The van der Waals surface area contributed by atoms with Gasteiger partial charge in [-0.15, -0.1) is 0 Å². The van der Waals surface area contributed by atoms with Crippen LogP contribution < -0.4 is 9.47 Å². The fourth-order valence-corrected chi connectivity index (χ4v) is 5.44. The van der Waals surface area contributed by atoms with Gasteiger partial charge in [-0.1, -0.05) is 48.0 Å². The molecule has 0 aromatic heterocycles. The number of nitrogens with zero attached hydrogens (tertiary/aromatic N) is 2. The number of para-hydroxylation sites is 2. The van der Waals surface area contributed by atoms with Crippen molar-refractivity contribution < 1.29 is 14.3 Å². The molecule has 0 unspecified atom stereocenters. The van der Waals surface area contributed by atoms with Gasteiger partial charge in [-0.3, -0.25) is 4.90 Å². The first-order valence-electron chi connectivity index (χ1n) is 10.3. The number of methoxy groups -OCH3 is 2. The minimum Gasteiger partial charge on any atom is -0.496 e. The molecule has 0 spiro atoms. The van der Waals surface area contributed by atoms with E-state index in [0.717, 1.165) is 24.3 Å². The van der Waals surface area contributed by atoms with Crippen molar-refractivity contribution in [1.29, 1.82) is 0 Å². The molecule has 5 nitrogen and oxygen atoms in total. The van der Waals surface area contributed by atoms with E-state index in [1.165, 1.54) is 23.3 Å². The van der Waals surface area contributed by atoms with Crippen molar-refractivity contribution in [1.82, 2.24) is 4.90 Å². The van der Waals surface area contributed by atoms with Crippen LogP contribution in [-0.2, 0) is 4.84 Å². The van der Waals surface area contributed by atoms with Gasteiger partial charge in [0.1, 0.15) is 18.6 Å². The summed E-state index contributed by atoms with van der Waals surface area (Å²) in [5.41, 5.74) is 3.57. The topological polar surface area (TPSA) is 43.3 Å². The predicted octanol–water partition coefficient (Wildman–Crippen LogP) is 4.85. The lowest BCUT2D eigenvalue weighted by Gasteiger charge is -2.52. The Balaban J connectivity index is 1.89. The largest absolute Gasteiger partial charge is 0.496 e. The number of piperidine rings is 1. The zero-order chi connectivity index (χ0) is 20.4. The van der Waals surface area contributed by atoms with E-state index in [-0.39, 0.29) is 12.1 Å². The van der Waals surface area contributed by atoms with Gasteiger partial charge in [0.2, 0.25) is 0 Å². The van der Waals surface area contributed by atoms with Gasteiger partial charge in [0.05, 0.1) is 19.9 Å². The lowest BCUT2D eigenvalue weighted by molar-refractivity contribution is 0.0583. The van der Waals surface area contributed by atoms with Gasteiger partial charge < -0.3 is 14.3 Å². The van der Waals surface area contributed by atoms with Crippen LogP contribution in [0.25, 0.3) is 0 Å². The fraction of sp³-hybridized carbons (Fsp3) is 0.458. The summed E-state index contributed by atoms with van der Waals surface area (Å²) in [6.45, 7) is 0. The summed E-state index contributed by atoms with van der Waals surface area (Å²) in [4.78, 5) is 7.84. The second-order valence-electron chi connectivity index (χ2n) is 7.88. The van der Waals surface area contributed by atoms with Crippen LogP contribution in [0, 0.1) is 11.8 Å². The van der Waals surface area contributed by atoms with E-state index in [4.69, 9.17) is 14.3 Å². The fourth-order valence-electron chi connectivity index (χ4n) is 5.44. The minimum absolute atomic E-state index is 0.159. The van der Waals surface area contributed by atoms with Gasteiger partial charge in [-0.2, -0.15) is 0 Å². The van der Waals surface area contributed by atoms with Gasteiger partial charge >= 0.3 is 0 Å². The molecular formula is C24H30N2O3. The maximum absolute atomic E-state index is 5.74. The number of oxime groups is 1. The Bertz CT molecular complexity index is 816. The van der Waals surface area contributed by atoms with E-state index in [1.807, 2.05) is 24.3 Å². The smallest absolute Gasteiger partial charge is 0.123 e. The number of benzene rings is 2. The molecule has 1 aliphatic carbocycles. The average Bonchev–Trinajstić information content (AvgIpc) is 2.75. The molecule has 0 amide bonds. The highest BCUT2D eigenvalue weighted by Gasteiger charge is 2.50. The number of ether oxygens (including phenoxy) is 2. The molecule has 0 radical (unpaired) electrons. The van der Waals surface area contributed by atoms with Crippen LogP contribution in [-0.4, -0.2) is 39.0 Å². The molecular weight excluding hydrogens is 364 g/mol. The Hall–Kier alpha value is -2.53. The van der Waals surface area contributed by atoms with Crippen molar-refractivity contribution in [2.75, 3.05) is 28.4 Å². The molecule has 2 fully saturated rings. The molecule has 5 heteroatoms. The summed E-state index contributed by atoms with van der Waals surface area (Å²) < 4.78 is 11.5.